The Labute approximate surface area is 145 Å². The van der Waals surface area contributed by atoms with Crippen molar-refractivity contribution in [2.24, 2.45) is 0 Å². The minimum Gasteiger partial charge on any atom is -0.466 e. The van der Waals surface area contributed by atoms with Gasteiger partial charge < -0.3 is 15.4 Å². The number of aryl methyl sites for hydroxylation is 1. The average Bonchev–Trinajstić information content (AvgIpc) is 2.93. The van der Waals surface area contributed by atoms with Gasteiger partial charge in [0, 0.05) is 6.42 Å². The van der Waals surface area contributed by atoms with Gasteiger partial charge in [0.25, 0.3) is 0 Å². The number of hydrogen-bond acceptors (Lipinski definition) is 6. The second-order valence-corrected chi connectivity index (χ2v) is 6.29. The highest BCUT2D eigenvalue weighted by molar-refractivity contribution is 7.22. The number of alkyl halides is 3. The summed E-state index contributed by atoms with van der Waals surface area (Å²) in [7, 11) is 0.810. The van der Waals surface area contributed by atoms with Crippen LogP contribution in [0.25, 0.3) is 10.2 Å². The van der Waals surface area contributed by atoms with E-state index in [4.69, 9.17) is 0 Å². The number of hydrogen-bond donors (Lipinski definition) is 2. The van der Waals surface area contributed by atoms with Crippen molar-refractivity contribution >= 4 is 38.6 Å². The number of thiazole rings is 1. The van der Waals surface area contributed by atoms with E-state index in [-0.39, 0.29) is 11.6 Å². The Morgan fingerprint density at radius 1 is 1.32 bits per heavy atom. The van der Waals surface area contributed by atoms with Crippen molar-refractivity contribution in [2.45, 2.75) is 32.1 Å². The van der Waals surface area contributed by atoms with Crippen LogP contribution in [0.3, 0.4) is 0 Å². The topological polar surface area (TPSA) is 80.3 Å². The first-order chi connectivity index (χ1) is 11.6. The zero-order valence-electron chi connectivity index (χ0n) is 13.7. The first kappa shape index (κ1) is 19.0. The number of carbonyl (C=O) groups excluding carboxylic acids is 2. The Hall–Kier alpha value is -2.36. The summed E-state index contributed by atoms with van der Waals surface area (Å²) in [4.78, 5) is 27.6. The number of ether oxygens (including phenoxy) is 1. The molecule has 2 aromatic rings. The molecule has 0 aliphatic heterocycles. The molecule has 25 heavy (non-hydrogen) atoms. The van der Waals surface area contributed by atoms with Crippen LogP contribution in [0.5, 0.6) is 0 Å². The Kier molecular flexibility index (Phi) is 5.21. The van der Waals surface area contributed by atoms with Crippen LogP contribution >= 0.6 is 11.3 Å². The summed E-state index contributed by atoms with van der Waals surface area (Å²) in [6.45, 7) is 3.20. The van der Waals surface area contributed by atoms with Crippen LogP contribution in [-0.4, -0.2) is 35.8 Å². The highest BCUT2D eigenvalue weighted by Gasteiger charge is 2.63. The van der Waals surface area contributed by atoms with Crippen LogP contribution in [0.1, 0.15) is 18.9 Å². The Balaban J connectivity index is 2.52. The maximum absolute atomic E-state index is 13.7. The summed E-state index contributed by atoms with van der Waals surface area (Å²) in [5, 5.41) is 3.56. The number of rotatable bonds is 5. The van der Waals surface area contributed by atoms with E-state index >= 15 is 0 Å². The molecule has 0 saturated heterocycles. The smallest absolute Gasteiger partial charge is 0.442 e. The number of aromatic nitrogens is 1. The third-order valence-electron chi connectivity index (χ3n) is 3.40. The molecule has 1 heterocycles. The van der Waals surface area contributed by atoms with Crippen LogP contribution in [0.4, 0.5) is 18.3 Å². The van der Waals surface area contributed by atoms with Gasteiger partial charge in [-0.2, -0.15) is 13.2 Å². The largest absolute Gasteiger partial charge is 0.466 e. The van der Waals surface area contributed by atoms with E-state index in [1.165, 1.54) is 6.92 Å². The van der Waals surface area contributed by atoms with Gasteiger partial charge in [-0.15, -0.1) is 0 Å². The Bertz CT molecular complexity index is 806. The van der Waals surface area contributed by atoms with Gasteiger partial charge in [-0.05, 0) is 24.6 Å². The average molecular weight is 375 g/mol. The fourth-order valence-corrected chi connectivity index (χ4v) is 3.11. The van der Waals surface area contributed by atoms with Gasteiger partial charge in [0.15, 0.2) is 5.13 Å². The van der Waals surface area contributed by atoms with Gasteiger partial charge >= 0.3 is 17.8 Å². The maximum atomic E-state index is 13.7. The van der Waals surface area contributed by atoms with Crippen LogP contribution in [-0.2, 0) is 14.3 Å². The molecule has 1 amide bonds. The van der Waals surface area contributed by atoms with Crippen LogP contribution in [0.15, 0.2) is 18.2 Å². The number of methoxy groups -OCH3 is 1. The van der Waals surface area contributed by atoms with Crippen LogP contribution in [0.2, 0.25) is 0 Å². The van der Waals surface area contributed by atoms with E-state index in [1.807, 2.05) is 12.2 Å². The van der Waals surface area contributed by atoms with Gasteiger partial charge in [-0.1, -0.05) is 24.3 Å². The lowest BCUT2D eigenvalue weighted by Crippen LogP contribution is -2.69. The van der Waals surface area contributed by atoms with E-state index in [1.54, 1.807) is 23.5 Å². The number of carbonyl (C=O) groups is 2. The van der Waals surface area contributed by atoms with Gasteiger partial charge in [-0.3, -0.25) is 4.79 Å². The van der Waals surface area contributed by atoms with Crippen molar-refractivity contribution in [1.82, 2.24) is 10.3 Å². The van der Waals surface area contributed by atoms with Crippen molar-refractivity contribution in [3.8, 4) is 0 Å². The number of halogens is 3. The summed E-state index contributed by atoms with van der Waals surface area (Å²) >= 11 is 0.936. The van der Waals surface area contributed by atoms with E-state index in [2.05, 4.69) is 9.72 Å². The fourth-order valence-electron chi connectivity index (χ4n) is 2.09. The lowest BCUT2D eigenvalue weighted by atomic mass is 10.1. The van der Waals surface area contributed by atoms with Crippen LogP contribution < -0.4 is 10.6 Å². The zero-order chi connectivity index (χ0) is 18.8. The third-order valence-corrected chi connectivity index (χ3v) is 4.34. The number of anilines is 1. The predicted octanol–water partition coefficient (Wildman–Crippen LogP) is 2.97. The molecular weight excluding hydrogens is 359 g/mol. The number of fused-ring (bicyclic) bond motifs is 1. The molecule has 0 aliphatic rings. The highest BCUT2D eigenvalue weighted by Crippen LogP contribution is 2.36. The molecule has 0 bridgehead atoms. The molecule has 0 unspecified atom stereocenters. The van der Waals surface area contributed by atoms with Crippen molar-refractivity contribution < 1.29 is 27.5 Å². The van der Waals surface area contributed by atoms with E-state index in [0.717, 1.165) is 24.0 Å². The number of benzene rings is 1. The molecule has 10 heteroatoms. The molecule has 0 radical (unpaired) electrons. The van der Waals surface area contributed by atoms with Crippen LogP contribution in [0, 0.1) is 6.92 Å². The summed E-state index contributed by atoms with van der Waals surface area (Å²) < 4.78 is 46.1. The molecule has 0 fully saturated rings. The number of amides is 1. The van der Waals surface area contributed by atoms with Crippen molar-refractivity contribution in [3.63, 3.8) is 0 Å². The van der Waals surface area contributed by atoms with Gasteiger partial charge in [0.05, 0.1) is 17.3 Å². The normalized spacial score (nSPS) is 14.0. The monoisotopic (exact) mass is 375 g/mol. The van der Waals surface area contributed by atoms with Crippen molar-refractivity contribution in [3.05, 3.63) is 23.8 Å². The number of nitrogens with one attached hydrogen (secondary N) is 2. The first-order valence-electron chi connectivity index (χ1n) is 7.24. The molecule has 1 aromatic carbocycles. The number of esters is 1. The van der Waals surface area contributed by atoms with Crippen molar-refractivity contribution in [2.75, 3.05) is 12.4 Å². The summed E-state index contributed by atoms with van der Waals surface area (Å²) in [5.41, 5.74) is -2.03. The molecule has 6 nitrogen and oxygen atoms in total. The predicted molar refractivity (Wildman–Crippen MR) is 87.2 cm³/mol. The zero-order valence-corrected chi connectivity index (χ0v) is 14.5. The second kappa shape index (κ2) is 6.87. The molecule has 1 atom stereocenters. The number of nitrogens with zero attached hydrogens (tertiary/aromatic N) is 1. The quantitative estimate of drug-likeness (QED) is 0.620. The van der Waals surface area contributed by atoms with E-state index in [0.29, 0.717) is 10.2 Å². The maximum Gasteiger partial charge on any atom is 0.442 e. The highest BCUT2D eigenvalue weighted by atomic mass is 32.1. The fraction of sp³-hybridized carbons (Fsp3) is 0.400. The molecule has 2 rings (SSSR count). The SMILES string of the molecule is CCC(=O)N[C@@](Nc1nc2ccc(C)cc2s1)(C(=O)OC)C(F)(F)F. The molecule has 0 aliphatic carbocycles. The molecule has 1 aromatic heterocycles. The minimum absolute atomic E-state index is 0.167. The molecular formula is C15H16F3N3O3S. The third kappa shape index (κ3) is 3.68. The molecule has 0 saturated carbocycles. The van der Waals surface area contributed by atoms with Gasteiger partial charge in [0.1, 0.15) is 0 Å². The van der Waals surface area contributed by atoms with Gasteiger partial charge in [-0.25, -0.2) is 9.78 Å². The minimum atomic E-state index is -5.15. The van der Waals surface area contributed by atoms with Gasteiger partial charge in [0.2, 0.25) is 5.91 Å². The molecule has 136 valence electrons. The lowest BCUT2D eigenvalue weighted by Gasteiger charge is -2.33. The Morgan fingerprint density at radius 2 is 2.00 bits per heavy atom. The van der Waals surface area contributed by atoms with Crippen molar-refractivity contribution in [1.29, 1.82) is 0 Å². The standard InChI is InChI=1S/C15H16F3N3O3S/c1-4-11(22)20-14(12(23)24-3,15(16,17)18)21-13-19-9-6-5-8(2)7-10(9)25-13/h5-7H,4H2,1-3H3,(H,19,21)(H,20,22)/t14-/m1/s1. The summed E-state index contributed by atoms with van der Waals surface area (Å²) in [5.74, 6) is -2.65. The molecule has 0 spiro atoms. The van der Waals surface area contributed by atoms with E-state index < -0.39 is 23.7 Å². The summed E-state index contributed by atoms with van der Waals surface area (Å²) in [6, 6.07) is 5.18. The summed E-state index contributed by atoms with van der Waals surface area (Å²) in [6.07, 6.45) is -5.39. The lowest BCUT2D eigenvalue weighted by molar-refractivity contribution is -0.206. The second-order valence-electron chi connectivity index (χ2n) is 5.26. The molecule has 2 N–H and O–H groups in total. The Morgan fingerprint density at radius 3 is 2.56 bits per heavy atom. The first-order valence-corrected chi connectivity index (χ1v) is 8.06. The van der Waals surface area contributed by atoms with E-state index in [9.17, 15) is 22.8 Å².